The van der Waals surface area contributed by atoms with Gasteiger partial charge in [0.15, 0.2) is 0 Å². The van der Waals surface area contributed by atoms with Gasteiger partial charge in [-0.05, 0) is 35.8 Å². The number of hydrogen-bond acceptors (Lipinski definition) is 1. The summed E-state index contributed by atoms with van der Waals surface area (Å²) >= 11 is 0. The van der Waals surface area contributed by atoms with Crippen LogP contribution in [0.3, 0.4) is 0 Å². The lowest BCUT2D eigenvalue weighted by atomic mass is 9.77. The van der Waals surface area contributed by atoms with E-state index in [9.17, 15) is 4.79 Å². The summed E-state index contributed by atoms with van der Waals surface area (Å²) in [5.41, 5.74) is 2.93. The van der Waals surface area contributed by atoms with E-state index in [1.54, 1.807) is 0 Å². The Balaban J connectivity index is 2.05. The van der Waals surface area contributed by atoms with Crippen LogP contribution in [0.2, 0.25) is 0 Å². The normalized spacial score (nSPS) is 29.9. The fourth-order valence-corrected chi connectivity index (χ4v) is 3.06. The molecule has 0 bridgehead atoms. The quantitative estimate of drug-likeness (QED) is 0.609. The van der Waals surface area contributed by atoms with Crippen molar-refractivity contribution in [3.05, 3.63) is 35.4 Å². The lowest BCUT2D eigenvalue weighted by molar-refractivity contribution is -0.117. The number of rotatable bonds is 0. The molecule has 0 spiro atoms. The van der Waals surface area contributed by atoms with Gasteiger partial charge in [-0.2, -0.15) is 0 Å². The first kappa shape index (κ1) is 8.22. The molecule has 1 aromatic rings. The average Bonchev–Trinajstić information content (AvgIpc) is 2.59. The minimum atomic E-state index is 0.469. The number of fused-ring (bicyclic) bond motifs is 3. The molecule has 0 amide bonds. The molecule has 0 saturated heterocycles. The van der Waals surface area contributed by atoms with E-state index in [1.165, 1.54) is 24.0 Å². The molecule has 0 radical (unpaired) electrons. The smallest absolute Gasteiger partial charge is 0.133 e. The van der Waals surface area contributed by atoms with Gasteiger partial charge in [-0.1, -0.05) is 24.3 Å². The fraction of sp³-hybridized carbons (Fsp3) is 0.462. The van der Waals surface area contributed by atoms with Crippen LogP contribution in [-0.2, 0) is 11.2 Å². The summed E-state index contributed by atoms with van der Waals surface area (Å²) in [6.45, 7) is 0. The Kier molecular flexibility index (Phi) is 1.73. The van der Waals surface area contributed by atoms with Crippen LogP contribution in [0.15, 0.2) is 24.3 Å². The van der Waals surface area contributed by atoms with Crippen molar-refractivity contribution in [3.63, 3.8) is 0 Å². The van der Waals surface area contributed by atoms with Gasteiger partial charge in [0.1, 0.15) is 5.78 Å². The van der Waals surface area contributed by atoms with Gasteiger partial charge in [-0.15, -0.1) is 0 Å². The highest BCUT2D eigenvalue weighted by atomic mass is 16.1. The second-order valence-electron chi connectivity index (χ2n) is 4.55. The van der Waals surface area contributed by atoms with Gasteiger partial charge in [0.25, 0.3) is 0 Å². The van der Waals surface area contributed by atoms with E-state index in [0.717, 1.165) is 12.8 Å². The molecule has 0 N–H and O–H groups in total. The highest BCUT2D eigenvalue weighted by Crippen LogP contribution is 2.44. The van der Waals surface area contributed by atoms with Crippen LogP contribution >= 0.6 is 0 Å². The van der Waals surface area contributed by atoms with Crippen LogP contribution in [0.1, 0.15) is 36.3 Å². The Morgan fingerprint density at radius 2 is 2.00 bits per heavy atom. The Morgan fingerprint density at radius 3 is 2.93 bits per heavy atom. The summed E-state index contributed by atoms with van der Waals surface area (Å²) in [5.74, 6) is 1.67. The Hall–Kier alpha value is -1.11. The molecule has 0 heterocycles. The average molecular weight is 186 g/mol. The summed E-state index contributed by atoms with van der Waals surface area (Å²) in [6.07, 6.45) is 4.01. The molecule has 0 aromatic heterocycles. The molecular weight excluding hydrogens is 172 g/mol. The third-order valence-corrected chi connectivity index (χ3v) is 3.75. The molecule has 1 fully saturated rings. The van der Waals surface area contributed by atoms with E-state index in [2.05, 4.69) is 24.3 Å². The van der Waals surface area contributed by atoms with Crippen molar-refractivity contribution >= 4 is 5.78 Å². The number of Topliss-reactive ketones (excluding diaryl/α,β-unsaturated/α-hetero) is 1. The van der Waals surface area contributed by atoms with Crippen LogP contribution in [0.5, 0.6) is 0 Å². The molecule has 1 nitrogen and oxygen atoms in total. The van der Waals surface area contributed by atoms with Crippen molar-refractivity contribution in [2.45, 2.75) is 31.6 Å². The molecule has 3 rings (SSSR count). The minimum absolute atomic E-state index is 0.469. The van der Waals surface area contributed by atoms with Crippen molar-refractivity contribution in [2.75, 3.05) is 0 Å². The van der Waals surface area contributed by atoms with E-state index in [-0.39, 0.29) is 0 Å². The predicted molar refractivity (Wildman–Crippen MR) is 55.2 cm³/mol. The molecule has 1 aromatic carbocycles. The van der Waals surface area contributed by atoms with Gasteiger partial charge < -0.3 is 0 Å². The van der Waals surface area contributed by atoms with Crippen LogP contribution in [-0.4, -0.2) is 5.78 Å². The molecule has 0 aliphatic heterocycles. The first-order chi connectivity index (χ1) is 6.84. The van der Waals surface area contributed by atoms with Gasteiger partial charge in [-0.25, -0.2) is 0 Å². The standard InChI is InChI=1S/C13H14O/c14-11-7-10-6-5-9-3-1-2-4-12(9)13(10)8-11/h1-4,10,13H,5-8H2/t10-,13+/m0/s1. The van der Waals surface area contributed by atoms with E-state index in [4.69, 9.17) is 0 Å². The number of hydrogen-bond donors (Lipinski definition) is 0. The van der Waals surface area contributed by atoms with Crippen molar-refractivity contribution in [2.24, 2.45) is 5.92 Å². The second-order valence-corrected chi connectivity index (χ2v) is 4.55. The fourth-order valence-electron chi connectivity index (χ4n) is 3.06. The molecule has 2 aliphatic carbocycles. The minimum Gasteiger partial charge on any atom is -0.300 e. The molecule has 72 valence electrons. The molecule has 2 aliphatic rings. The zero-order valence-electron chi connectivity index (χ0n) is 8.20. The van der Waals surface area contributed by atoms with Gasteiger partial charge >= 0.3 is 0 Å². The first-order valence-electron chi connectivity index (χ1n) is 5.44. The Bertz CT molecular complexity index is 381. The molecule has 1 heteroatoms. The zero-order chi connectivity index (χ0) is 9.54. The van der Waals surface area contributed by atoms with Crippen molar-refractivity contribution in [3.8, 4) is 0 Å². The van der Waals surface area contributed by atoms with Gasteiger partial charge in [0, 0.05) is 12.8 Å². The number of aryl methyl sites for hydroxylation is 1. The summed E-state index contributed by atoms with van der Waals surface area (Å²) < 4.78 is 0. The SMILES string of the molecule is O=C1C[C@@H]2CCc3ccccc3[C@@H]2C1. The van der Waals surface area contributed by atoms with Gasteiger partial charge in [0.05, 0.1) is 0 Å². The van der Waals surface area contributed by atoms with Crippen molar-refractivity contribution in [1.82, 2.24) is 0 Å². The maximum Gasteiger partial charge on any atom is 0.133 e. The molecule has 0 unspecified atom stereocenters. The number of ketones is 1. The third-order valence-electron chi connectivity index (χ3n) is 3.75. The van der Waals surface area contributed by atoms with Gasteiger partial charge in [-0.3, -0.25) is 4.79 Å². The molecule has 1 saturated carbocycles. The summed E-state index contributed by atoms with van der Waals surface area (Å²) in [6, 6.07) is 8.64. The second kappa shape index (κ2) is 2.94. The lowest BCUT2D eigenvalue weighted by Crippen LogP contribution is -2.15. The maximum absolute atomic E-state index is 11.4. The zero-order valence-corrected chi connectivity index (χ0v) is 8.20. The first-order valence-corrected chi connectivity index (χ1v) is 5.44. The van der Waals surface area contributed by atoms with E-state index in [0.29, 0.717) is 17.6 Å². The van der Waals surface area contributed by atoms with Gasteiger partial charge in [0.2, 0.25) is 0 Å². The number of benzene rings is 1. The van der Waals surface area contributed by atoms with Crippen LogP contribution in [0, 0.1) is 5.92 Å². The van der Waals surface area contributed by atoms with Crippen LogP contribution in [0.4, 0.5) is 0 Å². The summed E-state index contributed by atoms with van der Waals surface area (Å²) in [5, 5.41) is 0. The van der Waals surface area contributed by atoms with Crippen LogP contribution < -0.4 is 0 Å². The highest BCUT2D eigenvalue weighted by Gasteiger charge is 2.37. The third kappa shape index (κ3) is 1.12. The summed E-state index contributed by atoms with van der Waals surface area (Å²) in [7, 11) is 0. The Morgan fingerprint density at radius 1 is 1.14 bits per heavy atom. The van der Waals surface area contributed by atoms with E-state index in [1.807, 2.05) is 0 Å². The molecule has 14 heavy (non-hydrogen) atoms. The number of carbonyl (C=O) groups excluding carboxylic acids is 1. The predicted octanol–water partition coefficient (Wildman–Crippen LogP) is 2.70. The van der Waals surface area contributed by atoms with Crippen molar-refractivity contribution in [1.29, 1.82) is 0 Å². The number of carbonyl (C=O) groups is 1. The van der Waals surface area contributed by atoms with E-state index < -0.39 is 0 Å². The largest absolute Gasteiger partial charge is 0.300 e. The molecule has 2 atom stereocenters. The monoisotopic (exact) mass is 186 g/mol. The maximum atomic E-state index is 11.4. The topological polar surface area (TPSA) is 17.1 Å². The highest BCUT2D eigenvalue weighted by molar-refractivity contribution is 5.82. The Labute approximate surface area is 84.1 Å². The van der Waals surface area contributed by atoms with Crippen LogP contribution in [0.25, 0.3) is 0 Å². The summed E-state index contributed by atoms with van der Waals surface area (Å²) in [4.78, 5) is 11.4. The van der Waals surface area contributed by atoms with Crippen molar-refractivity contribution < 1.29 is 4.79 Å². The lowest BCUT2D eigenvalue weighted by Gasteiger charge is -2.27. The van der Waals surface area contributed by atoms with E-state index >= 15 is 0 Å². The molecular formula is C13H14O.